The summed E-state index contributed by atoms with van der Waals surface area (Å²) in [6.45, 7) is 7.62. The van der Waals surface area contributed by atoms with E-state index in [2.05, 4.69) is 26.1 Å². The third-order valence-corrected chi connectivity index (χ3v) is 4.21. The summed E-state index contributed by atoms with van der Waals surface area (Å²) in [4.78, 5) is 14.1. The zero-order valence-electron chi connectivity index (χ0n) is 11.8. The maximum absolute atomic E-state index is 12.2. The predicted octanol–water partition coefficient (Wildman–Crippen LogP) is 2.41. The summed E-state index contributed by atoms with van der Waals surface area (Å²) in [5.41, 5.74) is 0. The van der Waals surface area contributed by atoms with Gasteiger partial charge in [0.15, 0.2) is 0 Å². The van der Waals surface area contributed by atoms with E-state index in [1.54, 1.807) is 0 Å². The van der Waals surface area contributed by atoms with Gasteiger partial charge in [-0.25, -0.2) is 0 Å². The van der Waals surface area contributed by atoms with Crippen molar-refractivity contribution in [1.29, 1.82) is 0 Å². The number of piperidine rings is 1. The quantitative estimate of drug-likeness (QED) is 0.800. The highest BCUT2D eigenvalue weighted by Crippen LogP contribution is 2.19. The first-order valence-corrected chi connectivity index (χ1v) is 7.09. The van der Waals surface area contributed by atoms with Gasteiger partial charge in [0.25, 0.3) is 0 Å². The van der Waals surface area contributed by atoms with E-state index in [1.165, 1.54) is 12.8 Å². The molecule has 0 aliphatic carbocycles. The number of nitrogens with zero attached hydrogens (tertiary/aromatic N) is 1. The molecule has 1 N–H and O–H groups in total. The van der Waals surface area contributed by atoms with E-state index in [-0.39, 0.29) is 0 Å². The molecule has 0 bridgehead atoms. The van der Waals surface area contributed by atoms with Crippen LogP contribution in [0.4, 0.5) is 0 Å². The summed E-state index contributed by atoms with van der Waals surface area (Å²) in [6.07, 6.45) is 5.25. The van der Waals surface area contributed by atoms with Crippen molar-refractivity contribution in [3.8, 4) is 0 Å². The first-order chi connectivity index (χ1) is 8.10. The van der Waals surface area contributed by atoms with E-state index < -0.39 is 0 Å². The van der Waals surface area contributed by atoms with Crippen molar-refractivity contribution in [3.63, 3.8) is 0 Å². The molecule has 1 saturated heterocycles. The standard InChI is InChI=1S/C14H28N2O/c1-5-12(6-2)16(4)14(17)10-13-11(3)8-7-9-15-13/h11-13,15H,5-10H2,1-4H3. The number of hydrogen-bond acceptors (Lipinski definition) is 2. The SMILES string of the molecule is CCC(CC)N(C)C(=O)CC1NCCCC1C. The molecule has 1 fully saturated rings. The fourth-order valence-corrected chi connectivity index (χ4v) is 2.76. The number of rotatable bonds is 5. The molecular weight excluding hydrogens is 212 g/mol. The van der Waals surface area contributed by atoms with Crippen LogP contribution in [0.2, 0.25) is 0 Å². The molecule has 0 spiro atoms. The van der Waals surface area contributed by atoms with Gasteiger partial charge in [0.1, 0.15) is 0 Å². The molecule has 100 valence electrons. The Morgan fingerprint density at radius 1 is 1.41 bits per heavy atom. The monoisotopic (exact) mass is 240 g/mol. The summed E-state index contributed by atoms with van der Waals surface area (Å²) in [7, 11) is 1.95. The third kappa shape index (κ3) is 3.98. The molecule has 3 heteroatoms. The molecule has 0 aromatic heterocycles. The first-order valence-electron chi connectivity index (χ1n) is 7.09. The number of hydrogen-bond donors (Lipinski definition) is 1. The molecular formula is C14H28N2O. The van der Waals surface area contributed by atoms with Gasteiger partial charge in [0.05, 0.1) is 0 Å². The molecule has 2 unspecified atom stereocenters. The average molecular weight is 240 g/mol. The zero-order chi connectivity index (χ0) is 12.8. The molecule has 17 heavy (non-hydrogen) atoms. The van der Waals surface area contributed by atoms with E-state index >= 15 is 0 Å². The molecule has 0 aromatic rings. The molecule has 0 saturated carbocycles. The van der Waals surface area contributed by atoms with Crippen molar-refractivity contribution in [2.24, 2.45) is 5.92 Å². The van der Waals surface area contributed by atoms with E-state index in [4.69, 9.17) is 0 Å². The zero-order valence-corrected chi connectivity index (χ0v) is 11.8. The van der Waals surface area contributed by atoms with Gasteiger partial charge in [-0.2, -0.15) is 0 Å². The Balaban J connectivity index is 2.46. The smallest absolute Gasteiger partial charge is 0.224 e. The van der Waals surface area contributed by atoms with Crippen molar-refractivity contribution < 1.29 is 4.79 Å². The minimum absolute atomic E-state index is 0.296. The number of nitrogens with one attached hydrogen (secondary N) is 1. The Morgan fingerprint density at radius 3 is 2.59 bits per heavy atom. The lowest BCUT2D eigenvalue weighted by molar-refractivity contribution is -0.133. The highest BCUT2D eigenvalue weighted by Gasteiger charge is 2.26. The fraction of sp³-hybridized carbons (Fsp3) is 0.929. The highest BCUT2D eigenvalue weighted by molar-refractivity contribution is 5.76. The molecule has 0 aromatic carbocycles. The number of carbonyl (C=O) groups is 1. The van der Waals surface area contributed by atoms with Gasteiger partial charge >= 0.3 is 0 Å². The van der Waals surface area contributed by atoms with Gasteiger partial charge in [-0.1, -0.05) is 20.8 Å². The van der Waals surface area contributed by atoms with E-state index in [0.717, 1.165) is 19.4 Å². The largest absolute Gasteiger partial charge is 0.343 e. The van der Waals surface area contributed by atoms with Gasteiger partial charge in [0, 0.05) is 25.6 Å². The van der Waals surface area contributed by atoms with E-state index in [0.29, 0.717) is 30.3 Å². The van der Waals surface area contributed by atoms with Crippen LogP contribution in [0.25, 0.3) is 0 Å². The second-order valence-corrected chi connectivity index (χ2v) is 5.36. The van der Waals surface area contributed by atoms with Crippen LogP contribution in [-0.2, 0) is 4.79 Å². The summed E-state index contributed by atoms with van der Waals surface area (Å²) >= 11 is 0. The lowest BCUT2D eigenvalue weighted by atomic mass is 9.90. The van der Waals surface area contributed by atoms with Crippen molar-refractivity contribution in [3.05, 3.63) is 0 Å². The molecule has 1 aliphatic heterocycles. The predicted molar refractivity (Wildman–Crippen MR) is 71.9 cm³/mol. The lowest BCUT2D eigenvalue weighted by Crippen LogP contribution is -2.45. The van der Waals surface area contributed by atoms with E-state index in [1.807, 2.05) is 11.9 Å². The van der Waals surface area contributed by atoms with Gasteiger partial charge in [0.2, 0.25) is 5.91 Å². The van der Waals surface area contributed by atoms with Gasteiger partial charge in [-0.15, -0.1) is 0 Å². The maximum Gasteiger partial charge on any atom is 0.224 e. The van der Waals surface area contributed by atoms with Crippen LogP contribution in [-0.4, -0.2) is 36.5 Å². The van der Waals surface area contributed by atoms with Gasteiger partial charge in [-0.3, -0.25) is 4.79 Å². The van der Waals surface area contributed by atoms with Crippen LogP contribution in [0, 0.1) is 5.92 Å². The van der Waals surface area contributed by atoms with E-state index in [9.17, 15) is 4.79 Å². The van der Waals surface area contributed by atoms with Crippen LogP contribution in [0.1, 0.15) is 52.9 Å². The minimum atomic E-state index is 0.296. The summed E-state index contributed by atoms with van der Waals surface area (Å²) < 4.78 is 0. The molecule has 1 rings (SSSR count). The highest BCUT2D eigenvalue weighted by atomic mass is 16.2. The minimum Gasteiger partial charge on any atom is -0.343 e. The van der Waals surface area contributed by atoms with Crippen LogP contribution in [0.3, 0.4) is 0 Å². The first kappa shape index (κ1) is 14.5. The van der Waals surface area contributed by atoms with Gasteiger partial charge in [-0.05, 0) is 38.1 Å². The summed E-state index contributed by atoms with van der Waals surface area (Å²) in [5.74, 6) is 0.924. The number of carbonyl (C=O) groups excluding carboxylic acids is 1. The summed E-state index contributed by atoms with van der Waals surface area (Å²) in [5, 5.41) is 3.48. The average Bonchev–Trinajstić information content (AvgIpc) is 2.33. The number of amides is 1. The van der Waals surface area contributed by atoms with Crippen molar-refractivity contribution in [2.75, 3.05) is 13.6 Å². The molecule has 1 amide bonds. The topological polar surface area (TPSA) is 32.3 Å². The van der Waals surface area contributed by atoms with Crippen molar-refractivity contribution in [1.82, 2.24) is 10.2 Å². The second-order valence-electron chi connectivity index (χ2n) is 5.36. The van der Waals surface area contributed by atoms with Crippen LogP contribution in [0.15, 0.2) is 0 Å². The van der Waals surface area contributed by atoms with Crippen molar-refractivity contribution >= 4 is 5.91 Å². The Kier molecular flexibility index (Phi) is 5.96. The maximum atomic E-state index is 12.2. The molecule has 3 nitrogen and oxygen atoms in total. The molecule has 0 radical (unpaired) electrons. The van der Waals surface area contributed by atoms with Crippen LogP contribution < -0.4 is 5.32 Å². The fourth-order valence-electron chi connectivity index (χ4n) is 2.76. The van der Waals surface area contributed by atoms with Crippen LogP contribution in [0.5, 0.6) is 0 Å². The normalized spacial score (nSPS) is 25.0. The summed E-state index contributed by atoms with van der Waals surface area (Å²) in [6, 6.07) is 0.787. The second kappa shape index (κ2) is 7.00. The molecule has 1 heterocycles. The lowest BCUT2D eigenvalue weighted by Gasteiger charge is -2.33. The molecule has 2 atom stereocenters. The Bertz CT molecular complexity index is 238. The third-order valence-electron chi connectivity index (χ3n) is 4.21. The Labute approximate surface area is 106 Å². The van der Waals surface area contributed by atoms with Crippen LogP contribution >= 0.6 is 0 Å². The molecule has 1 aliphatic rings. The van der Waals surface area contributed by atoms with Gasteiger partial charge < -0.3 is 10.2 Å². The van der Waals surface area contributed by atoms with Crippen molar-refractivity contribution in [2.45, 2.75) is 65.0 Å². The Hall–Kier alpha value is -0.570. The Morgan fingerprint density at radius 2 is 2.06 bits per heavy atom.